The van der Waals surface area contributed by atoms with Gasteiger partial charge in [0.15, 0.2) is 0 Å². The van der Waals surface area contributed by atoms with Crippen LogP contribution in [-0.4, -0.2) is 35.7 Å². The van der Waals surface area contributed by atoms with Crippen LogP contribution in [0.25, 0.3) is 0 Å². The topological polar surface area (TPSA) is 56.5 Å². The first-order chi connectivity index (χ1) is 9.67. The number of aliphatic hydroxyl groups is 1. The van der Waals surface area contributed by atoms with Crippen molar-refractivity contribution in [2.45, 2.75) is 12.6 Å². The van der Waals surface area contributed by atoms with Gasteiger partial charge in [-0.3, -0.25) is 4.68 Å². The van der Waals surface area contributed by atoms with Crippen molar-refractivity contribution in [1.82, 2.24) is 9.78 Å². The first-order valence-corrected chi connectivity index (χ1v) is 6.98. The lowest BCUT2D eigenvalue weighted by atomic mass is 10.1. The molecule has 2 aromatic rings. The quantitative estimate of drug-likeness (QED) is 0.877. The first-order valence-electron chi connectivity index (χ1n) is 6.19. The zero-order valence-corrected chi connectivity index (χ0v) is 13.0. The highest BCUT2D eigenvalue weighted by Crippen LogP contribution is 2.30. The van der Waals surface area contributed by atoms with Crippen molar-refractivity contribution < 1.29 is 14.6 Å². The van der Waals surface area contributed by atoms with Crippen LogP contribution < -0.4 is 4.74 Å². The minimum atomic E-state index is -0.779. The predicted molar refractivity (Wildman–Crippen MR) is 78.9 cm³/mol. The first kappa shape index (κ1) is 15.0. The second-order valence-electron chi connectivity index (χ2n) is 4.27. The minimum Gasteiger partial charge on any atom is -0.497 e. The molecule has 1 unspecified atom stereocenters. The fraction of sp³-hybridized carbons (Fsp3) is 0.357. The molecule has 2 rings (SSSR count). The number of hydrogen-bond acceptors (Lipinski definition) is 4. The average Bonchev–Trinajstić information content (AvgIpc) is 2.85. The van der Waals surface area contributed by atoms with Crippen LogP contribution in [0.15, 0.2) is 34.9 Å². The Labute approximate surface area is 126 Å². The Balaban J connectivity index is 2.31. The molecule has 0 bridgehead atoms. The maximum absolute atomic E-state index is 10.6. The molecule has 1 N–H and O–H groups in total. The van der Waals surface area contributed by atoms with E-state index < -0.39 is 6.10 Å². The minimum absolute atomic E-state index is 0.534. The molecular weight excluding hydrogens is 324 g/mol. The van der Waals surface area contributed by atoms with Crippen molar-refractivity contribution in [3.8, 4) is 5.75 Å². The monoisotopic (exact) mass is 340 g/mol. The van der Waals surface area contributed by atoms with E-state index in [4.69, 9.17) is 9.47 Å². The van der Waals surface area contributed by atoms with Gasteiger partial charge < -0.3 is 14.6 Å². The van der Waals surface area contributed by atoms with Gasteiger partial charge in [-0.1, -0.05) is 12.1 Å². The van der Waals surface area contributed by atoms with Gasteiger partial charge in [-0.15, -0.1) is 0 Å². The van der Waals surface area contributed by atoms with Gasteiger partial charge in [0.25, 0.3) is 0 Å². The van der Waals surface area contributed by atoms with E-state index in [1.54, 1.807) is 25.1 Å². The summed E-state index contributed by atoms with van der Waals surface area (Å²) in [5.41, 5.74) is 1.46. The van der Waals surface area contributed by atoms with E-state index in [1.165, 1.54) is 0 Å². The number of ether oxygens (including phenoxy) is 2. The highest BCUT2D eigenvalue weighted by atomic mass is 79.9. The van der Waals surface area contributed by atoms with E-state index in [0.29, 0.717) is 24.6 Å². The molecule has 1 aromatic carbocycles. The SMILES string of the molecule is COCCn1ncc(Br)c1C(O)c1cccc(OC)c1. The van der Waals surface area contributed by atoms with E-state index in [-0.39, 0.29) is 0 Å². The van der Waals surface area contributed by atoms with Crippen LogP contribution in [0.3, 0.4) is 0 Å². The number of aliphatic hydroxyl groups excluding tert-OH is 1. The number of methoxy groups -OCH3 is 2. The van der Waals surface area contributed by atoms with E-state index in [1.807, 2.05) is 24.3 Å². The van der Waals surface area contributed by atoms with Crippen molar-refractivity contribution in [1.29, 1.82) is 0 Å². The highest BCUT2D eigenvalue weighted by Gasteiger charge is 2.20. The van der Waals surface area contributed by atoms with Crippen LogP contribution >= 0.6 is 15.9 Å². The Hall–Kier alpha value is -1.37. The lowest BCUT2D eigenvalue weighted by Gasteiger charge is -2.15. The average molecular weight is 341 g/mol. The third-order valence-corrected chi connectivity index (χ3v) is 3.62. The van der Waals surface area contributed by atoms with E-state index in [2.05, 4.69) is 21.0 Å². The molecule has 108 valence electrons. The van der Waals surface area contributed by atoms with Crippen LogP contribution in [0.1, 0.15) is 17.4 Å². The molecule has 0 fully saturated rings. The van der Waals surface area contributed by atoms with Gasteiger partial charge in [-0.25, -0.2) is 0 Å². The highest BCUT2D eigenvalue weighted by molar-refractivity contribution is 9.10. The lowest BCUT2D eigenvalue weighted by Crippen LogP contribution is -2.13. The lowest BCUT2D eigenvalue weighted by molar-refractivity contribution is 0.171. The molecule has 0 aliphatic carbocycles. The molecule has 0 amide bonds. The smallest absolute Gasteiger partial charge is 0.122 e. The summed E-state index contributed by atoms with van der Waals surface area (Å²) >= 11 is 3.43. The Bertz CT molecular complexity index is 571. The van der Waals surface area contributed by atoms with Gasteiger partial charge in [0.1, 0.15) is 11.9 Å². The number of nitrogens with zero attached hydrogens (tertiary/aromatic N) is 2. The number of rotatable bonds is 6. The molecule has 1 aromatic heterocycles. The molecule has 0 radical (unpaired) electrons. The standard InChI is InChI=1S/C14H17BrN2O3/c1-19-7-6-17-13(12(15)9-16-17)14(18)10-4-3-5-11(8-10)20-2/h3-5,8-9,14,18H,6-7H2,1-2H3. The zero-order valence-electron chi connectivity index (χ0n) is 11.4. The van der Waals surface area contributed by atoms with Crippen LogP contribution in [0.5, 0.6) is 5.75 Å². The molecule has 0 saturated carbocycles. The fourth-order valence-electron chi connectivity index (χ4n) is 1.97. The summed E-state index contributed by atoms with van der Waals surface area (Å²) in [4.78, 5) is 0. The van der Waals surface area contributed by atoms with Crippen LogP contribution in [0, 0.1) is 0 Å². The van der Waals surface area contributed by atoms with Gasteiger partial charge in [0.05, 0.1) is 36.6 Å². The maximum atomic E-state index is 10.6. The maximum Gasteiger partial charge on any atom is 0.122 e. The second kappa shape index (κ2) is 6.88. The summed E-state index contributed by atoms with van der Waals surface area (Å²) in [6.45, 7) is 1.12. The largest absolute Gasteiger partial charge is 0.497 e. The molecule has 20 heavy (non-hydrogen) atoms. The van der Waals surface area contributed by atoms with Gasteiger partial charge in [0, 0.05) is 7.11 Å². The van der Waals surface area contributed by atoms with Gasteiger partial charge in [-0.2, -0.15) is 5.10 Å². The third kappa shape index (κ3) is 3.20. The number of hydrogen-bond donors (Lipinski definition) is 1. The van der Waals surface area contributed by atoms with Gasteiger partial charge in [0.2, 0.25) is 0 Å². The molecule has 0 aliphatic rings. The Morgan fingerprint density at radius 2 is 2.20 bits per heavy atom. The Morgan fingerprint density at radius 3 is 2.90 bits per heavy atom. The molecule has 0 saturated heterocycles. The van der Waals surface area contributed by atoms with E-state index in [0.717, 1.165) is 10.0 Å². The summed E-state index contributed by atoms with van der Waals surface area (Å²) in [5.74, 6) is 0.709. The summed E-state index contributed by atoms with van der Waals surface area (Å²) in [6, 6.07) is 7.35. The zero-order chi connectivity index (χ0) is 14.5. The van der Waals surface area contributed by atoms with Crippen molar-refractivity contribution in [2.24, 2.45) is 0 Å². The van der Waals surface area contributed by atoms with Crippen molar-refractivity contribution in [3.63, 3.8) is 0 Å². The van der Waals surface area contributed by atoms with Gasteiger partial charge >= 0.3 is 0 Å². The third-order valence-electron chi connectivity index (χ3n) is 3.01. The summed E-state index contributed by atoms with van der Waals surface area (Å²) in [5, 5.41) is 14.8. The predicted octanol–water partition coefficient (Wildman–Crippen LogP) is 2.38. The Kier molecular flexibility index (Phi) is 5.17. The summed E-state index contributed by atoms with van der Waals surface area (Å²) in [7, 11) is 3.24. The van der Waals surface area contributed by atoms with Crippen molar-refractivity contribution >= 4 is 15.9 Å². The van der Waals surface area contributed by atoms with Crippen LogP contribution in [-0.2, 0) is 11.3 Å². The van der Waals surface area contributed by atoms with Gasteiger partial charge in [-0.05, 0) is 33.6 Å². The van der Waals surface area contributed by atoms with Crippen molar-refractivity contribution in [3.05, 3.63) is 46.2 Å². The van der Waals surface area contributed by atoms with Crippen LogP contribution in [0.4, 0.5) is 0 Å². The van der Waals surface area contributed by atoms with E-state index in [9.17, 15) is 5.11 Å². The molecular formula is C14H17BrN2O3. The summed E-state index contributed by atoms with van der Waals surface area (Å²) in [6.07, 6.45) is 0.896. The molecule has 1 atom stereocenters. The fourth-order valence-corrected chi connectivity index (χ4v) is 2.48. The molecule has 0 spiro atoms. The number of benzene rings is 1. The van der Waals surface area contributed by atoms with E-state index >= 15 is 0 Å². The summed E-state index contributed by atoms with van der Waals surface area (Å²) < 4.78 is 12.7. The van der Waals surface area contributed by atoms with Crippen LogP contribution in [0.2, 0.25) is 0 Å². The number of halogens is 1. The molecule has 0 aliphatic heterocycles. The normalized spacial score (nSPS) is 12.4. The Morgan fingerprint density at radius 1 is 1.40 bits per heavy atom. The second-order valence-corrected chi connectivity index (χ2v) is 5.13. The molecule has 6 heteroatoms. The molecule has 1 heterocycles. The molecule has 5 nitrogen and oxygen atoms in total. The number of aromatic nitrogens is 2. The van der Waals surface area contributed by atoms with Crippen molar-refractivity contribution in [2.75, 3.05) is 20.8 Å².